The molecular formula is C28H27ClFN5O. The van der Waals surface area contributed by atoms with Crippen LogP contribution in [0.4, 0.5) is 16.2 Å². The highest BCUT2D eigenvalue weighted by Gasteiger charge is 2.42. The maximum Gasteiger partial charge on any atom is 0.227 e. The summed E-state index contributed by atoms with van der Waals surface area (Å²) in [6, 6.07) is 21.6. The number of benzene rings is 3. The summed E-state index contributed by atoms with van der Waals surface area (Å²) in [6.07, 6.45) is 1.72. The van der Waals surface area contributed by atoms with Crippen LogP contribution < -0.4 is 16.0 Å². The lowest BCUT2D eigenvalue weighted by Crippen LogP contribution is -2.50. The molecule has 0 bridgehead atoms. The molecule has 3 aromatic carbocycles. The van der Waals surface area contributed by atoms with Crippen LogP contribution in [-0.2, 0) is 17.8 Å². The zero-order valence-corrected chi connectivity index (χ0v) is 20.5. The number of rotatable bonds is 6. The fourth-order valence-corrected chi connectivity index (χ4v) is 5.00. The van der Waals surface area contributed by atoms with Crippen molar-refractivity contribution in [2.24, 2.45) is 5.41 Å². The minimum absolute atomic E-state index is 0.000976. The molecule has 5 rings (SSSR count). The van der Waals surface area contributed by atoms with E-state index in [0.717, 1.165) is 16.5 Å². The topological polar surface area (TPSA) is 84.1 Å². The molecule has 184 valence electrons. The van der Waals surface area contributed by atoms with Gasteiger partial charge in [-0.15, -0.1) is 0 Å². The molecule has 0 aliphatic carbocycles. The van der Waals surface area contributed by atoms with Crippen molar-refractivity contribution < 1.29 is 9.18 Å². The molecule has 1 saturated heterocycles. The molecule has 0 radical (unpaired) electrons. The molecule has 0 unspecified atom stereocenters. The minimum atomic E-state index is -0.630. The van der Waals surface area contributed by atoms with Gasteiger partial charge >= 0.3 is 0 Å². The summed E-state index contributed by atoms with van der Waals surface area (Å²) < 4.78 is 13.5. The predicted molar refractivity (Wildman–Crippen MR) is 141 cm³/mol. The highest BCUT2D eigenvalue weighted by molar-refractivity contribution is 6.31. The van der Waals surface area contributed by atoms with Crippen LogP contribution in [0.3, 0.4) is 0 Å². The maximum atomic E-state index is 13.6. The molecule has 1 aliphatic heterocycles. The van der Waals surface area contributed by atoms with Gasteiger partial charge in [0.1, 0.15) is 11.6 Å². The van der Waals surface area contributed by atoms with Gasteiger partial charge in [-0.2, -0.15) is 4.98 Å². The number of nitrogen functional groups attached to an aromatic ring is 1. The van der Waals surface area contributed by atoms with E-state index in [1.54, 1.807) is 24.3 Å². The second kappa shape index (κ2) is 10.1. The van der Waals surface area contributed by atoms with E-state index < -0.39 is 5.41 Å². The average molecular weight is 504 g/mol. The highest BCUT2D eigenvalue weighted by atomic mass is 35.5. The molecule has 36 heavy (non-hydrogen) atoms. The minimum Gasteiger partial charge on any atom is -0.383 e. The predicted octanol–water partition coefficient (Wildman–Crippen LogP) is 5.15. The summed E-state index contributed by atoms with van der Waals surface area (Å²) in [7, 11) is 0. The van der Waals surface area contributed by atoms with Crippen molar-refractivity contribution in [3.05, 3.63) is 94.8 Å². The number of nitrogens with two attached hydrogens (primary N) is 1. The first kappa shape index (κ1) is 24.0. The summed E-state index contributed by atoms with van der Waals surface area (Å²) in [5.41, 5.74) is 8.24. The molecule has 6 nitrogen and oxygen atoms in total. The summed E-state index contributed by atoms with van der Waals surface area (Å²) in [5, 5.41) is 4.48. The second-order valence-electron chi connectivity index (χ2n) is 9.31. The van der Waals surface area contributed by atoms with Crippen molar-refractivity contribution in [2.45, 2.75) is 25.8 Å². The normalized spacial score (nSPS) is 15.1. The van der Waals surface area contributed by atoms with Gasteiger partial charge in [0.05, 0.1) is 10.9 Å². The van der Waals surface area contributed by atoms with Crippen LogP contribution in [0.5, 0.6) is 0 Å². The first-order valence-electron chi connectivity index (χ1n) is 12.0. The Labute approximate surface area is 214 Å². The molecule has 2 heterocycles. The molecule has 1 fully saturated rings. The van der Waals surface area contributed by atoms with Crippen molar-refractivity contribution in [1.82, 2.24) is 15.3 Å². The lowest BCUT2D eigenvalue weighted by Gasteiger charge is -2.41. The van der Waals surface area contributed by atoms with Crippen molar-refractivity contribution in [2.75, 3.05) is 23.7 Å². The number of amides is 1. The van der Waals surface area contributed by atoms with E-state index in [1.807, 2.05) is 36.4 Å². The molecule has 0 spiro atoms. The van der Waals surface area contributed by atoms with E-state index in [-0.39, 0.29) is 11.7 Å². The Bertz CT molecular complexity index is 1370. The number of fused-ring (bicyclic) bond motifs is 1. The van der Waals surface area contributed by atoms with Gasteiger partial charge in [-0.3, -0.25) is 4.79 Å². The lowest BCUT2D eigenvalue weighted by molar-refractivity contribution is -0.132. The molecule has 1 aromatic heterocycles. The second-order valence-corrected chi connectivity index (χ2v) is 9.75. The third-order valence-electron chi connectivity index (χ3n) is 6.91. The Balaban J connectivity index is 1.37. The van der Waals surface area contributed by atoms with Crippen LogP contribution in [0.15, 0.2) is 72.8 Å². The van der Waals surface area contributed by atoms with Crippen LogP contribution >= 0.6 is 11.6 Å². The van der Waals surface area contributed by atoms with Crippen molar-refractivity contribution >= 4 is 40.2 Å². The Morgan fingerprint density at radius 3 is 2.44 bits per heavy atom. The van der Waals surface area contributed by atoms with Gasteiger partial charge < -0.3 is 16.0 Å². The SMILES string of the molecule is Nc1nc(N2CCC(Cc3ccc(F)cc3)(C(=O)NCc3ccccc3)CC2)nc2cc(Cl)ccc12. The van der Waals surface area contributed by atoms with Gasteiger partial charge in [0.15, 0.2) is 0 Å². The Morgan fingerprint density at radius 2 is 1.72 bits per heavy atom. The third-order valence-corrected chi connectivity index (χ3v) is 7.15. The van der Waals surface area contributed by atoms with Gasteiger partial charge in [0.25, 0.3) is 0 Å². The lowest BCUT2D eigenvalue weighted by atomic mass is 9.73. The molecule has 1 aliphatic rings. The zero-order chi connectivity index (χ0) is 25.1. The number of piperidine rings is 1. The Kier molecular flexibility index (Phi) is 6.74. The number of halogens is 2. The zero-order valence-electron chi connectivity index (χ0n) is 19.8. The van der Waals surface area contributed by atoms with E-state index in [0.29, 0.717) is 61.2 Å². The molecule has 0 atom stereocenters. The number of carbonyl (C=O) groups excluding carboxylic acids is 1. The standard InChI is InChI=1S/C28H27ClFN5O/c29-21-8-11-23-24(16-21)33-27(34-25(23)31)35-14-12-28(13-15-35,17-19-6-9-22(30)10-7-19)26(36)32-18-20-4-2-1-3-5-20/h1-11,16H,12-15,17-18H2,(H,32,36)(H2,31,33,34). The van der Waals surface area contributed by atoms with Crippen molar-refractivity contribution in [3.8, 4) is 0 Å². The number of hydrogen-bond acceptors (Lipinski definition) is 5. The van der Waals surface area contributed by atoms with E-state index in [1.165, 1.54) is 12.1 Å². The molecule has 3 N–H and O–H groups in total. The van der Waals surface area contributed by atoms with Gasteiger partial charge in [0, 0.05) is 30.0 Å². The quantitative estimate of drug-likeness (QED) is 0.380. The van der Waals surface area contributed by atoms with E-state index in [9.17, 15) is 9.18 Å². The molecule has 4 aromatic rings. The Hall–Kier alpha value is -3.71. The number of carbonyl (C=O) groups is 1. The van der Waals surface area contributed by atoms with Gasteiger partial charge in [0.2, 0.25) is 11.9 Å². The molecule has 1 amide bonds. The van der Waals surface area contributed by atoms with E-state index in [2.05, 4.69) is 15.2 Å². The third kappa shape index (κ3) is 5.11. The van der Waals surface area contributed by atoms with E-state index in [4.69, 9.17) is 22.3 Å². The number of nitrogens with zero attached hydrogens (tertiary/aromatic N) is 3. The number of anilines is 2. The van der Waals surface area contributed by atoms with Crippen LogP contribution in [0.1, 0.15) is 24.0 Å². The van der Waals surface area contributed by atoms with Gasteiger partial charge in [-0.25, -0.2) is 9.37 Å². The van der Waals surface area contributed by atoms with Crippen molar-refractivity contribution in [3.63, 3.8) is 0 Å². The summed E-state index contributed by atoms with van der Waals surface area (Å²) in [6.45, 7) is 1.64. The maximum absolute atomic E-state index is 13.6. The van der Waals surface area contributed by atoms with Crippen LogP contribution in [-0.4, -0.2) is 29.0 Å². The summed E-state index contributed by atoms with van der Waals surface area (Å²) in [5.74, 6) is 0.640. The first-order valence-corrected chi connectivity index (χ1v) is 12.3. The summed E-state index contributed by atoms with van der Waals surface area (Å²) >= 11 is 6.16. The molecule has 0 saturated carbocycles. The average Bonchev–Trinajstić information content (AvgIpc) is 2.89. The first-order chi connectivity index (χ1) is 17.4. The molecular weight excluding hydrogens is 477 g/mol. The smallest absolute Gasteiger partial charge is 0.227 e. The van der Waals surface area contributed by atoms with E-state index >= 15 is 0 Å². The van der Waals surface area contributed by atoms with Crippen LogP contribution in [0, 0.1) is 11.2 Å². The molecule has 8 heteroatoms. The summed E-state index contributed by atoms with van der Waals surface area (Å²) in [4.78, 5) is 24.9. The van der Waals surface area contributed by atoms with Crippen LogP contribution in [0.25, 0.3) is 10.9 Å². The van der Waals surface area contributed by atoms with Gasteiger partial charge in [-0.1, -0.05) is 54.1 Å². The number of nitrogens with one attached hydrogen (secondary N) is 1. The van der Waals surface area contributed by atoms with Gasteiger partial charge in [-0.05, 0) is 60.7 Å². The fourth-order valence-electron chi connectivity index (χ4n) is 4.83. The number of hydrogen-bond donors (Lipinski definition) is 2. The largest absolute Gasteiger partial charge is 0.383 e. The number of aromatic nitrogens is 2. The highest BCUT2D eigenvalue weighted by Crippen LogP contribution is 2.37. The fraction of sp³-hybridized carbons (Fsp3) is 0.250. The Morgan fingerprint density at radius 1 is 1.00 bits per heavy atom. The van der Waals surface area contributed by atoms with Crippen molar-refractivity contribution in [1.29, 1.82) is 0 Å². The van der Waals surface area contributed by atoms with Crippen LogP contribution in [0.2, 0.25) is 5.02 Å². The monoisotopic (exact) mass is 503 g/mol.